The van der Waals surface area contributed by atoms with Gasteiger partial charge in [-0.15, -0.1) is 0 Å². The standard InChI is InChI=1S/C13H23NO3/c1-13(2,3)17-12(16)14-10-4-5-11(14)7-9(6-10)8-15/h9-11,15H,4-8H2,1-3H3/t9-,10+,11-. The Kier molecular flexibility index (Phi) is 3.34. The molecular formula is C13H23NO3. The zero-order chi connectivity index (χ0) is 12.6. The maximum absolute atomic E-state index is 12.1. The topological polar surface area (TPSA) is 49.8 Å². The average Bonchev–Trinajstić information content (AvgIpc) is 2.47. The van der Waals surface area contributed by atoms with Crippen molar-refractivity contribution in [3.8, 4) is 0 Å². The fourth-order valence-electron chi connectivity index (χ4n) is 3.05. The van der Waals surface area contributed by atoms with Crippen LogP contribution in [0.1, 0.15) is 46.5 Å². The van der Waals surface area contributed by atoms with E-state index in [1.54, 1.807) is 0 Å². The maximum atomic E-state index is 12.1. The molecule has 0 spiro atoms. The van der Waals surface area contributed by atoms with Crippen molar-refractivity contribution in [2.45, 2.75) is 64.1 Å². The van der Waals surface area contributed by atoms with Gasteiger partial charge in [-0.2, -0.15) is 0 Å². The Morgan fingerprint density at radius 1 is 1.29 bits per heavy atom. The van der Waals surface area contributed by atoms with Crippen molar-refractivity contribution in [1.29, 1.82) is 0 Å². The number of hydrogen-bond acceptors (Lipinski definition) is 3. The molecule has 0 unspecified atom stereocenters. The van der Waals surface area contributed by atoms with Crippen LogP contribution in [-0.4, -0.2) is 40.4 Å². The van der Waals surface area contributed by atoms with Gasteiger partial charge in [0.15, 0.2) is 0 Å². The minimum Gasteiger partial charge on any atom is -0.444 e. The van der Waals surface area contributed by atoms with Crippen molar-refractivity contribution in [3.63, 3.8) is 0 Å². The lowest BCUT2D eigenvalue weighted by Gasteiger charge is -2.39. The van der Waals surface area contributed by atoms with Crippen molar-refractivity contribution >= 4 is 6.09 Å². The van der Waals surface area contributed by atoms with Crippen molar-refractivity contribution in [2.24, 2.45) is 5.92 Å². The molecule has 2 aliphatic rings. The molecule has 2 bridgehead atoms. The maximum Gasteiger partial charge on any atom is 0.410 e. The lowest BCUT2D eigenvalue weighted by atomic mass is 9.92. The summed E-state index contributed by atoms with van der Waals surface area (Å²) < 4.78 is 5.45. The number of rotatable bonds is 1. The summed E-state index contributed by atoms with van der Waals surface area (Å²) in [5, 5.41) is 9.23. The quantitative estimate of drug-likeness (QED) is 0.765. The van der Waals surface area contributed by atoms with Gasteiger partial charge < -0.3 is 14.7 Å². The molecule has 1 N–H and O–H groups in total. The van der Waals surface area contributed by atoms with E-state index in [4.69, 9.17) is 4.74 Å². The van der Waals surface area contributed by atoms with Gasteiger partial charge in [0.25, 0.3) is 0 Å². The molecule has 2 heterocycles. The van der Waals surface area contributed by atoms with E-state index in [2.05, 4.69) is 0 Å². The van der Waals surface area contributed by atoms with Crippen LogP contribution in [0.3, 0.4) is 0 Å². The van der Waals surface area contributed by atoms with Gasteiger partial charge in [0, 0.05) is 18.7 Å². The third kappa shape index (κ3) is 2.73. The highest BCUT2D eigenvalue weighted by Crippen LogP contribution is 2.39. The SMILES string of the molecule is CC(C)(C)OC(=O)N1[C@@H]2CC[C@H]1C[C@@H](CO)C2. The Morgan fingerprint density at radius 3 is 2.24 bits per heavy atom. The molecule has 1 amide bonds. The molecule has 0 aromatic heterocycles. The summed E-state index contributed by atoms with van der Waals surface area (Å²) in [6.07, 6.45) is 3.78. The number of fused-ring (bicyclic) bond motifs is 2. The van der Waals surface area contributed by atoms with Gasteiger partial charge in [0.2, 0.25) is 0 Å². The van der Waals surface area contributed by atoms with Gasteiger partial charge in [0.05, 0.1) is 0 Å². The summed E-state index contributed by atoms with van der Waals surface area (Å²) in [4.78, 5) is 14.0. The second kappa shape index (κ2) is 4.48. The molecular weight excluding hydrogens is 218 g/mol. The van der Waals surface area contributed by atoms with E-state index in [0.717, 1.165) is 25.7 Å². The average molecular weight is 241 g/mol. The first-order valence-electron chi connectivity index (χ1n) is 6.53. The second-order valence-electron chi connectivity index (χ2n) is 6.29. The fraction of sp³-hybridized carbons (Fsp3) is 0.923. The lowest BCUT2D eigenvalue weighted by molar-refractivity contribution is -0.00190. The van der Waals surface area contributed by atoms with E-state index in [9.17, 15) is 9.90 Å². The van der Waals surface area contributed by atoms with E-state index in [1.807, 2.05) is 25.7 Å². The summed E-state index contributed by atoms with van der Waals surface area (Å²) in [6.45, 7) is 5.93. The first-order valence-corrected chi connectivity index (χ1v) is 6.53. The normalized spacial score (nSPS) is 32.7. The number of aliphatic hydroxyl groups excluding tert-OH is 1. The Hall–Kier alpha value is -0.770. The highest BCUT2D eigenvalue weighted by molar-refractivity contribution is 5.69. The zero-order valence-electron chi connectivity index (χ0n) is 11.0. The summed E-state index contributed by atoms with van der Waals surface area (Å²) >= 11 is 0. The summed E-state index contributed by atoms with van der Waals surface area (Å²) in [6, 6.07) is 0.557. The molecule has 0 aromatic carbocycles. The van der Waals surface area contributed by atoms with Crippen LogP contribution in [0.25, 0.3) is 0 Å². The van der Waals surface area contributed by atoms with Gasteiger partial charge in [-0.1, -0.05) is 0 Å². The highest BCUT2D eigenvalue weighted by Gasteiger charge is 2.44. The smallest absolute Gasteiger partial charge is 0.410 e. The third-order valence-corrected chi connectivity index (χ3v) is 3.69. The number of nitrogens with zero attached hydrogens (tertiary/aromatic N) is 1. The number of piperidine rings is 1. The van der Waals surface area contributed by atoms with Crippen molar-refractivity contribution < 1.29 is 14.6 Å². The molecule has 98 valence electrons. The van der Waals surface area contributed by atoms with Crippen LogP contribution in [0, 0.1) is 5.92 Å². The third-order valence-electron chi connectivity index (χ3n) is 3.69. The van der Waals surface area contributed by atoms with Crippen molar-refractivity contribution in [1.82, 2.24) is 4.90 Å². The summed E-state index contributed by atoms with van der Waals surface area (Å²) in [7, 11) is 0. The molecule has 0 saturated carbocycles. The second-order valence-corrected chi connectivity index (χ2v) is 6.29. The van der Waals surface area contributed by atoms with Crippen LogP contribution >= 0.6 is 0 Å². The largest absolute Gasteiger partial charge is 0.444 e. The first kappa shape index (κ1) is 12.7. The lowest BCUT2D eigenvalue weighted by Crippen LogP contribution is -2.48. The number of carbonyl (C=O) groups excluding carboxylic acids is 1. The number of ether oxygens (including phenoxy) is 1. The van der Waals surface area contributed by atoms with Crippen LogP contribution < -0.4 is 0 Å². The van der Waals surface area contributed by atoms with E-state index in [-0.39, 0.29) is 24.8 Å². The number of amides is 1. The van der Waals surface area contributed by atoms with Gasteiger partial charge in [-0.05, 0) is 52.4 Å². The van der Waals surface area contributed by atoms with Crippen molar-refractivity contribution in [3.05, 3.63) is 0 Å². The van der Waals surface area contributed by atoms with Crippen LogP contribution in [-0.2, 0) is 4.74 Å². The van der Waals surface area contributed by atoms with Gasteiger partial charge >= 0.3 is 6.09 Å². The highest BCUT2D eigenvalue weighted by atomic mass is 16.6. The van der Waals surface area contributed by atoms with Crippen molar-refractivity contribution in [2.75, 3.05) is 6.61 Å². The van der Waals surface area contributed by atoms with E-state index in [1.165, 1.54) is 0 Å². The van der Waals surface area contributed by atoms with E-state index in [0.29, 0.717) is 5.92 Å². The molecule has 3 atom stereocenters. The molecule has 17 heavy (non-hydrogen) atoms. The number of hydrogen-bond donors (Lipinski definition) is 1. The predicted octanol–water partition coefficient (Wildman–Crippen LogP) is 2.16. The molecule has 0 aromatic rings. The number of aliphatic hydroxyl groups is 1. The molecule has 0 aliphatic carbocycles. The molecule has 2 aliphatic heterocycles. The summed E-state index contributed by atoms with van der Waals surface area (Å²) in [5.74, 6) is 0.367. The minimum absolute atomic E-state index is 0.179. The summed E-state index contributed by atoms with van der Waals surface area (Å²) in [5.41, 5.74) is -0.426. The molecule has 2 rings (SSSR count). The zero-order valence-corrected chi connectivity index (χ0v) is 11.0. The Bertz CT molecular complexity index is 284. The van der Waals surface area contributed by atoms with Gasteiger partial charge in [-0.25, -0.2) is 4.79 Å². The molecule has 4 nitrogen and oxygen atoms in total. The Labute approximate surface area is 103 Å². The minimum atomic E-state index is -0.426. The number of carbonyl (C=O) groups is 1. The monoisotopic (exact) mass is 241 g/mol. The fourth-order valence-corrected chi connectivity index (χ4v) is 3.05. The van der Waals surface area contributed by atoms with Crippen LogP contribution in [0.4, 0.5) is 4.79 Å². The Balaban J connectivity index is 2.01. The first-order chi connectivity index (χ1) is 7.90. The van der Waals surface area contributed by atoms with E-state index >= 15 is 0 Å². The molecule has 4 heteroatoms. The van der Waals surface area contributed by atoms with E-state index < -0.39 is 5.60 Å². The molecule has 0 radical (unpaired) electrons. The van der Waals surface area contributed by atoms with Gasteiger partial charge in [-0.3, -0.25) is 0 Å². The molecule has 2 saturated heterocycles. The van der Waals surface area contributed by atoms with Crippen LogP contribution in [0.15, 0.2) is 0 Å². The van der Waals surface area contributed by atoms with Crippen LogP contribution in [0.5, 0.6) is 0 Å². The molecule has 2 fully saturated rings. The van der Waals surface area contributed by atoms with Crippen LogP contribution in [0.2, 0.25) is 0 Å². The Morgan fingerprint density at radius 2 is 1.82 bits per heavy atom. The predicted molar refractivity (Wildman–Crippen MR) is 64.7 cm³/mol. The van der Waals surface area contributed by atoms with Gasteiger partial charge in [0.1, 0.15) is 5.60 Å².